The SMILES string of the molecule is COOc1ccc2c(c1)C(=O)N(C1CCC(N3C(=O)c4ccc(OC)cc4C3=O)CC1)C2=O. The first-order chi connectivity index (χ1) is 15.9. The highest BCUT2D eigenvalue weighted by molar-refractivity contribution is 6.22. The predicted molar refractivity (Wildman–Crippen MR) is 114 cm³/mol. The number of carbonyl (C=O) groups is 4. The Morgan fingerprint density at radius 2 is 1.06 bits per heavy atom. The zero-order valence-corrected chi connectivity index (χ0v) is 18.2. The number of rotatable bonds is 5. The lowest BCUT2D eigenvalue weighted by Crippen LogP contribution is -2.47. The number of methoxy groups -OCH3 is 1. The molecule has 0 atom stereocenters. The van der Waals surface area contributed by atoms with Gasteiger partial charge >= 0.3 is 0 Å². The lowest BCUT2D eigenvalue weighted by molar-refractivity contribution is -0.178. The van der Waals surface area contributed by atoms with E-state index in [0.29, 0.717) is 53.9 Å². The van der Waals surface area contributed by atoms with Crippen LogP contribution < -0.4 is 9.62 Å². The Balaban J connectivity index is 1.30. The number of fused-ring (bicyclic) bond motifs is 2. The number of imide groups is 2. The first-order valence-electron chi connectivity index (χ1n) is 10.7. The van der Waals surface area contributed by atoms with Gasteiger partial charge in [-0.3, -0.25) is 29.0 Å². The minimum atomic E-state index is -0.368. The molecule has 9 nitrogen and oxygen atoms in total. The van der Waals surface area contributed by atoms with Crippen LogP contribution in [-0.2, 0) is 4.89 Å². The highest BCUT2D eigenvalue weighted by Gasteiger charge is 2.45. The number of nitrogens with zero attached hydrogens (tertiary/aromatic N) is 2. The minimum Gasteiger partial charge on any atom is -0.497 e. The molecule has 9 heteroatoms. The van der Waals surface area contributed by atoms with Crippen molar-refractivity contribution in [3.05, 3.63) is 58.7 Å². The van der Waals surface area contributed by atoms with Crippen molar-refractivity contribution in [2.75, 3.05) is 14.2 Å². The third-order valence-corrected chi connectivity index (χ3v) is 6.59. The van der Waals surface area contributed by atoms with Gasteiger partial charge in [-0.1, -0.05) is 0 Å². The molecule has 4 amide bonds. The van der Waals surface area contributed by atoms with Gasteiger partial charge in [0.2, 0.25) is 0 Å². The summed E-state index contributed by atoms with van der Waals surface area (Å²) in [5.41, 5.74) is 1.33. The molecule has 0 aromatic heterocycles. The van der Waals surface area contributed by atoms with Crippen molar-refractivity contribution in [3.63, 3.8) is 0 Å². The summed E-state index contributed by atoms with van der Waals surface area (Å²) >= 11 is 0. The van der Waals surface area contributed by atoms with E-state index in [4.69, 9.17) is 9.62 Å². The predicted octanol–water partition coefficient (Wildman–Crippen LogP) is 2.84. The molecule has 5 rings (SSSR count). The highest BCUT2D eigenvalue weighted by atomic mass is 17.2. The van der Waals surface area contributed by atoms with E-state index in [1.807, 2.05) is 0 Å². The lowest BCUT2D eigenvalue weighted by Gasteiger charge is -2.36. The van der Waals surface area contributed by atoms with Gasteiger partial charge in [0.1, 0.15) is 5.75 Å². The van der Waals surface area contributed by atoms with E-state index in [1.54, 1.807) is 30.3 Å². The van der Waals surface area contributed by atoms with Gasteiger partial charge in [0.05, 0.1) is 36.5 Å². The minimum absolute atomic E-state index is 0.281. The second-order valence-electron chi connectivity index (χ2n) is 8.29. The fourth-order valence-electron chi connectivity index (χ4n) is 4.99. The molecule has 1 fully saturated rings. The van der Waals surface area contributed by atoms with E-state index in [1.165, 1.54) is 30.1 Å². The Bertz CT molecular complexity index is 1180. The summed E-state index contributed by atoms with van der Waals surface area (Å²) in [6.45, 7) is 0. The Labute approximate surface area is 189 Å². The van der Waals surface area contributed by atoms with Crippen LogP contribution in [0.2, 0.25) is 0 Å². The second kappa shape index (κ2) is 8.00. The number of benzene rings is 2. The van der Waals surface area contributed by atoms with Gasteiger partial charge in [-0.25, -0.2) is 0 Å². The van der Waals surface area contributed by atoms with E-state index in [0.717, 1.165) is 0 Å². The maximum atomic E-state index is 13.0. The number of hydrogen-bond donors (Lipinski definition) is 0. The smallest absolute Gasteiger partial charge is 0.261 e. The van der Waals surface area contributed by atoms with Crippen molar-refractivity contribution in [2.24, 2.45) is 0 Å². The average Bonchev–Trinajstić information content (AvgIpc) is 3.23. The van der Waals surface area contributed by atoms with Gasteiger partial charge in [0.25, 0.3) is 23.6 Å². The van der Waals surface area contributed by atoms with E-state index in [2.05, 4.69) is 4.89 Å². The Morgan fingerprint density at radius 3 is 1.52 bits per heavy atom. The third-order valence-electron chi connectivity index (χ3n) is 6.59. The number of amides is 4. The molecule has 2 heterocycles. The lowest BCUT2D eigenvalue weighted by atomic mass is 9.89. The molecule has 2 aromatic carbocycles. The van der Waals surface area contributed by atoms with Gasteiger partial charge in [-0.2, -0.15) is 4.89 Å². The quantitative estimate of drug-likeness (QED) is 0.392. The fourth-order valence-corrected chi connectivity index (χ4v) is 4.99. The number of hydrogen-bond acceptors (Lipinski definition) is 7. The summed E-state index contributed by atoms with van der Waals surface area (Å²) in [7, 11) is 2.86. The van der Waals surface area contributed by atoms with Crippen molar-refractivity contribution in [1.82, 2.24) is 9.80 Å². The second-order valence-corrected chi connectivity index (χ2v) is 8.29. The summed E-state index contributed by atoms with van der Waals surface area (Å²) in [5, 5.41) is 0. The molecule has 0 radical (unpaired) electrons. The van der Waals surface area contributed by atoms with Gasteiger partial charge in [-0.15, -0.1) is 0 Å². The number of ether oxygens (including phenoxy) is 1. The molecular weight excluding hydrogens is 428 g/mol. The molecule has 0 N–H and O–H groups in total. The standard InChI is InChI=1S/C24H22N2O7/c1-31-15-7-9-17-19(11-15)23(29)25(21(17)27)13-3-5-14(6-4-13)26-22(28)18-10-8-16(33-32-2)12-20(18)24(26)30/h7-14H,3-6H2,1-2H3. The molecule has 1 saturated carbocycles. The zero-order valence-electron chi connectivity index (χ0n) is 18.2. The summed E-state index contributed by atoms with van der Waals surface area (Å²) in [6, 6.07) is 8.91. The fraction of sp³-hybridized carbons (Fsp3) is 0.333. The van der Waals surface area contributed by atoms with Crippen molar-refractivity contribution < 1.29 is 33.7 Å². The van der Waals surface area contributed by atoms with Crippen LogP contribution in [0.4, 0.5) is 0 Å². The first kappa shape index (κ1) is 21.1. The first-order valence-corrected chi connectivity index (χ1v) is 10.7. The average molecular weight is 450 g/mol. The van der Waals surface area contributed by atoms with Gasteiger partial charge in [0.15, 0.2) is 5.75 Å². The summed E-state index contributed by atoms with van der Waals surface area (Å²) in [5.74, 6) is -0.491. The van der Waals surface area contributed by atoms with E-state index in [-0.39, 0.29) is 41.3 Å². The van der Waals surface area contributed by atoms with Crippen LogP contribution in [-0.4, -0.2) is 59.7 Å². The summed E-state index contributed by atoms with van der Waals surface area (Å²) < 4.78 is 5.18. The molecule has 170 valence electrons. The van der Waals surface area contributed by atoms with E-state index >= 15 is 0 Å². The van der Waals surface area contributed by atoms with Crippen LogP contribution in [0.3, 0.4) is 0 Å². The largest absolute Gasteiger partial charge is 0.497 e. The normalized spacial score (nSPS) is 22.0. The van der Waals surface area contributed by atoms with Gasteiger partial charge in [-0.05, 0) is 62.1 Å². The Kier molecular flexibility index (Phi) is 5.13. The van der Waals surface area contributed by atoms with Crippen LogP contribution in [0.1, 0.15) is 67.1 Å². The zero-order chi connectivity index (χ0) is 23.3. The summed E-state index contributed by atoms with van der Waals surface area (Å²) in [4.78, 5) is 64.0. The van der Waals surface area contributed by atoms with Crippen LogP contribution in [0.15, 0.2) is 36.4 Å². The Morgan fingerprint density at radius 1 is 0.636 bits per heavy atom. The van der Waals surface area contributed by atoms with Gasteiger partial charge in [0, 0.05) is 12.1 Å². The monoisotopic (exact) mass is 450 g/mol. The van der Waals surface area contributed by atoms with Crippen LogP contribution in [0.25, 0.3) is 0 Å². The van der Waals surface area contributed by atoms with Gasteiger partial charge < -0.3 is 9.62 Å². The number of carbonyl (C=O) groups excluding carboxylic acids is 4. The molecule has 2 aliphatic heterocycles. The van der Waals surface area contributed by atoms with Crippen molar-refractivity contribution in [1.29, 1.82) is 0 Å². The topological polar surface area (TPSA) is 102 Å². The molecule has 2 aromatic rings. The molecule has 33 heavy (non-hydrogen) atoms. The third kappa shape index (κ3) is 3.27. The van der Waals surface area contributed by atoms with Crippen LogP contribution in [0, 0.1) is 0 Å². The van der Waals surface area contributed by atoms with E-state index < -0.39 is 0 Å². The molecule has 0 unspecified atom stereocenters. The maximum absolute atomic E-state index is 13.0. The molecule has 1 aliphatic carbocycles. The Hall–Kier alpha value is -3.72. The molecule has 0 bridgehead atoms. The highest BCUT2D eigenvalue weighted by Crippen LogP contribution is 2.36. The van der Waals surface area contributed by atoms with Crippen molar-refractivity contribution >= 4 is 23.6 Å². The molecular formula is C24H22N2O7. The molecule has 0 spiro atoms. The van der Waals surface area contributed by atoms with Crippen LogP contribution >= 0.6 is 0 Å². The molecule has 0 saturated heterocycles. The van der Waals surface area contributed by atoms with Crippen molar-refractivity contribution in [2.45, 2.75) is 37.8 Å². The summed E-state index contributed by atoms with van der Waals surface area (Å²) in [6.07, 6.45) is 2.04. The van der Waals surface area contributed by atoms with Crippen LogP contribution in [0.5, 0.6) is 11.5 Å². The van der Waals surface area contributed by atoms with E-state index in [9.17, 15) is 19.2 Å². The molecule has 3 aliphatic rings. The maximum Gasteiger partial charge on any atom is 0.261 e. The van der Waals surface area contributed by atoms with Crippen molar-refractivity contribution in [3.8, 4) is 11.5 Å².